The third-order valence-corrected chi connectivity index (χ3v) is 5.14. The van der Waals surface area contributed by atoms with Gasteiger partial charge in [0.25, 0.3) is 0 Å². The summed E-state index contributed by atoms with van der Waals surface area (Å²) in [7, 11) is 0. The molecule has 9 heteroatoms. The fourth-order valence-electron chi connectivity index (χ4n) is 2.85. The molecule has 0 aliphatic rings. The van der Waals surface area contributed by atoms with Crippen LogP contribution in [0.5, 0.6) is 5.75 Å². The zero-order chi connectivity index (χ0) is 21.7. The van der Waals surface area contributed by atoms with Crippen LogP contribution < -0.4 is 4.74 Å². The number of hydrogen-bond acceptors (Lipinski definition) is 5. The summed E-state index contributed by atoms with van der Waals surface area (Å²) in [6, 6.07) is 13.8. The monoisotopic (exact) mass is 435 g/mol. The van der Waals surface area contributed by atoms with Crippen molar-refractivity contribution in [1.29, 1.82) is 0 Å². The summed E-state index contributed by atoms with van der Waals surface area (Å²) < 4.78 is 40.5. The maximum Gasteiger partial charge on any atom is 0.573 e. The number of aromatic nitrogens is 1. The molecule has 156 valence electrons. The Morgan fingerprint density at radius 2 is 1.73 bits per heavy atom. The largest absolute Gasteiger partial charge is 0.573 e. The van der Waals surface area contributed by atoms with Crippen molar-refractivity contribution >= 4 is 23.1 Å². The molecule has 0 saturated carbocycles. The van der Waals surface area contributed by atoms with Crippen LogP contribution >= 0.6 is 11.3 Å². The van der Waals surface area contributed by atoms with E-state index in [2.05, 4.69) is 9.72 Å². The Balaban J connectivity index is 1.65. The van der Waals surface area contributed by atoms with Gasteiger partial charge in [0.1, 0.15) is 16.5 Å². The Bertz CT molecular complexity index is 1020. The highest BCUT2D eigenvalue weighted by molar-refractivity contribution is 7.13. The van der Waals surface area contributed by atoms with Crippen LogP contribution in [0, 0.1) is 0 Å². The number of ketones is 1. The molecule has 1 N–H and O–H groups in total. The summed E-state index contributed by atoms with van der Waals surface area (Å²) in [5, 5.41) is 11.6. The van der Waals surface area contributed by atoms with E-state index < -0.39 is 18.2 Å². The molecule has 0 amide bonds. The Hall–Kier alpha value is -3.20. The number of nitrogens with zero attached hydrogens (tertiary/aromatic N) is 1. The fourth-order valence-corrected chi connectivity index (χ4v) is 3.68. The predicted molar refractivity (Wildman–Crippen MR) is 104 cm³/mol. The van der Waals surface area contributed by atoms with Gasteiger partial charge in [-0.05, 0) is 29.8 Å². The molecule has 0 saturated heterocycles. The normalized spacial score (nSPS) is 12.4. The van der Waals surface area contributed by atoms with Gasteiger partial charge in [0.05, 0.1) is 11.6 Å². The van der Waals surface area contributed by atoms with E-state index in [0.29, 0.717) is 21.8 Å². The van der Waals surface area contributed by atoms with Crippen LogP contribution in [0.3, 0.4) is 0 Å². The molecule has 0 bridgehead atoms. The molecule has 0 fully saturated rings. The number of benzene rings is 2. The number of hydrogen-bond donors (Lipinski definition) is 1. The second kappa shape index (κ2) is 9.08. The van der Waals surface area contributed by atoms with Crippen molar-refractivity contribution in [3.05, 3.63) is 71.2 Å². The van der Waals surface area contributed by atoms with Crippen LogP contribution in [0.25, 0.3) is 10.6 Å². The van der Waals surface area contributed by atoms with E-state index in [4.69, 9.17) is 0 Å². The van der Waals surface area contributed by atoms with Crippen molar-refractivity contribution in [2.24, 2.45) is 0 Å². The number of halogens is 3. The third-order valence-electron chi connectivity index (χ3n) is 4.20. The fraction of sp³-hybridized carbons (Fsp3) is 0.190. The van der Waals surface area contributed by atoms with Crippen molar-refractivity contribution in [1.82, 2.24) is 4.98 Å². The molecule has 30 heavy (non-hydrogen) atoms. The first-order chi connectivity index (χ1) is 14.2. The predicted octanol–water partition coefficient (Wildman–Crippen LogP) is 5.08. The maximum atomic E-state index is 12.4. The number of alkyl halides is 3. The summed E-state index contributed by atoms with van der Waals surface area (Å²) >= 11 is 1.24. The minimum atomic E-state index is -4.76. The summed E-state index contributed by atoms with van der Waals surface area (Å²) in [6.45, 7) is 0. The molecule has 0 radical (unpaired) electrons. The zero-order valence-corrected chi connectivity index (χ0v) is 16.2. The quantitative estimate of drug-likeness (QED) is 0.534. The standard InChI is InChI=1S/C21H16F3NO4S/c22-21(23,24)29-17-8-6-14(7-9-17)19-25-15(12-30-19)10-16(26)11-18(20(27)28)13-4-2-1-3-5-13/h1-9,12,18H,10-11H2,(H,27,28)/t18-/m1/s1. The summed E-state index contributed by atoms with van der Waals surface area (Å²) in [5.41, 5.74) is 1.62. The molecular weight excluding hydrogens is 419 g/mol. The van der Waals surface area contributed by atoms with Crippen molar-refractivity contribution in [2.75, 3.05) is 0 Å². The molecule has 1 aromatic heterocycles. The van der Waals surface area contributed by atoms with Gasteiger partial charge in [0.2, 0.25) is 0 Å². The van der Waals surface area contributed by atoms with Crippen molar-refractivity contribution in [3.63, 3.8) is 0 Å². The molecule has 0 unspecified atom stereocenters. The molecule has 0 aliphatic heterocycles. The minimum Gasteiger partial charge on any atom is -0.481 e. The van der Waals surface area contributed by atoms with E-state index in [1.807, 2.05) is 0 Å². The van der Waals surface area contributed by atoms with Gasteiger partial charge < -0.3 is 9.84 Å². The lowest BCUT2D eigenvalue weighted by Gasteiger charge is -2.11. The Kier molecular flexibility index (Phi) is 6.51. The maximum absolute atomic E-state index is 12.4. The van der Waals surface area contributed by atoms with Gasteiger partial charge >= 0.3 is 12.3 Å². The van der Waals surface area contributed by atoms with Gasteiger partial charge in [-0.2, -0.15) is 0 Å². The summed E-state index contributed by atoms with van der Waals surface area (Å²) in [4.78, 5) is 28.3. The number of thiazole rings is 1. The summed E-state index contributed by atoms with van der Waals surface area (Å²) in [5.74, 6) is -2.61. The van der Waals surface area contributed by atoms with E-state index in [1.165, 1.54) is 35.6 Å². The van der Waals surface area contributed by atoms with E-state index in [1.54, 1.807) is 35.7 Å². The Morgan fingerprint density at radius 3 is 2.33 bits per heavy atom. The Morgan fingerprint density at radius 1 is 1.07 bits per heavy atom. The minimum absolute atomic E-state index is 0.0254. The highest BCUT2D eigenvalue weighted by atomic mass is 32.1. The molecule has 2 aromatic carbocycles. The number of Topliss-reactive ketones (excluding diaryl/α,β-unsaturated/α-hetero) is 1. The third kappa shape index (κ3) is 5.90. The van der Waals surface area contributed by atoms with Crippen molar-refractivity contribution < 1.29 is 32.6 Å². The number of rotatable bonds is 8. The first-order valence-electron chi connectivity index (χ1n) is 8.81. The van der Waals surface area contributed by atoms with Crippen LogP contribution in [0.4, 0.5) is 13.2 Å². The van der Waals surface area contributed by atoms with Crippen molar-refractivity contribution in [2.45, 2.75) is 25.1 Å². The van der Waals surface area contributed by atoms with Crippen LogP contribution in [0.1, 0.15) is 23.6 Å². The van der Waals surface area contributed by atoms with Gasteiger partial charge in [-0.15, -0.1) is 24.5 Å². The van der Waals surface area contributed by atoms with E-state index in [-0.39, 0.29) is 24.4 Å². The molecule has 3 aromatic rings. The van der Waals surface area contributed by atoms with Gasteiger partial charge in [0, 0.05) is 23.8 Å². The first kappa shape index (κ1) is 21.5. The highest BCUT2D eigenvalue weighted by Crippen LogP contribution is 2.29. The number of ether oxygens (including phenoxy) is 1. The number of carboxylic acid groups (broad SMARTS) is 1. The lowest BCUT2D eigenvalue weighted by atomic mass is 9.93. The molecule has 1 atom stereocenters. The number of carbonyl (C=O) groups is 2. The first-order valence-corrected chi connectivity index (χ1v) is 9.69. The molecule has 0 aliphatic carbocycles. The lowest BCUT2D eigenvalue weighted by molar-refractivity contribution is -0.274. The topological polar surface area (TPSA) is 76.5 Å². The van der Waals surface area contributed by atoms with E-state index >= 15 is 0 Å². The summed E-state index contributed by atoms with van der Waals surface area (Å²) in [6.07, 6.45) is -4.94. The van der Waals surface area contributed by atoms with Crippen LogP contribution in [-0.2, 0) is 16.0 Å². The zero-order valence-electron chi connectivity index (χ0n) is 15.4. The molecule has 1 heterocycles. The molecule has 0 spiro atoms. The van der Waals surface area contributed by atoms with Crippen LogP contribution in [-0.4, -0.2) is 28.2 Å². The second-order valence-electron chi connectivity index (χ2n) is 6.44. The molecule has 5 nitrogen and oxygen atoms in total. The number of carbonyl (C=O) groups excluding carboxylic acids is 1. The smallest absolute Gasteiger partial charge is 0.481 e. The van der Waals surface area contributed by atoms with Gasteiger partial charge in [-0.3, -0.25) is 9.59 Å². The highest BCUT2D eigenvalue weighted by Gasteiger charge is 2.31. The molecular formula is C21H16F3NO4S. The van der Waals surface area contributed by atoms with Crippen LogP contribution in [0.15, 0.2) is 60.0 Å². The lowest BCUT2D eigenvalue weighted by Crippen LogP contribution is -2.17. The van der Waals surface area contributed by atoms with Crippen LogP contribution in [0.2, 0.25) is 0 Å². The van der Waals surface area contributed by atoms with Crippen molar-refractivity contribution in [3.8, 4) is 16.3 Å². The SMILES string of the molecule is O=C(Cc1csc(-c2ccc(OC(F)(F)F)cc2)n1)C[C@@H](C(=O)O)c1ccccc1. The van der Waals surface area contributed by atoms with E-state index in [9.17, 15) is 27.9 Å². The Labute approximate surface area is 173 Å². The average Bonchev–Trinajstić information content (AvgIpc) is 3.14. The second-order valence-corrected chi connectivity index (χ2v) is 7.30. The van der Waals surface area contributed by atoms with E-state index in [0.717, 1.165) is 0 Å². The number of aliphatic carboxylic acids is 1. The van der Waals surface area contributed by atoms with Gasteiger partial charge in [0.15, 0.2) is 0 Å². The van der Waals surface area contributed by atoms with Gasteiger partial charge in [-0.25, -0.2) is 4.98 Å². The molecule has 3 rings (SSSR count). The van der Waals surface area contributed by atoms with Gasteiger partial charge in [-0.1, -0.05) is 30.3 Å². The number of carboxylic acids is 1. The average molecular weight is 435 g/mol.